The van der Waals surface area contributed by atoms with Gasteiger partial charge in [-0.15, -0.1) is 0 Å². The van der Waals surface area contributed by atoms with Crippen LogP contribution >= 0.6 is 0 Å². The zero-order chi connectivity index (χ0) is 21.3. The van der Waals surface area contributed by atoms with Crippen molar-refractivity contribution in [3.05, 3.63) is 83.8 Å². The molecular weight excluding hydrogens is 402 g/mol. The van der Waals surface area contributed by atoms with E-state index in [1.807, 2.05) is 25.1 Å². The number of carbonyl (C=O) groups is 1. The van der Waals surface area contributed by atoms with Crippen molar-refractivity contribution in [2.45, 2.75) is 31.2 Å². The summed E-state index contributed by atoms with van der Waals surface area (Å²) in [5.74, 6) is 1.11. The predicted octanol–water partition coefficient (Wildman–Crippen LogP) is 4.09. The van der Waals surface area contributed by atoms with E-state index >= 15 is 0 Å². The van der Waals surface area contributed by atoms with E-state index < -0.39 is 16.1 Å². The number of hydrogen-bond acceptors (Lipinski definition) is 5. The summed E-state index contributed by atoms with van der Waals surface area (Å²) < 4.78 is 34.0. The molecule has 1 aliphatic rings. The van der Waals surface area contributed by atoms with E-state index in [0.29, 0.717) is 29.1 Å². The monoisotopic (exact) mass is 423 g/mol. The Kier molecular flexibility index (Phi) is 5.17. The van der Waals surface area contributed by atoms with Gasteiger partial charge in [0.1, 0.15) is 17.2 Å². The van der Waals surface area contributed by atoms with E-state index in [1.54, 1.807) is 36.4 Å². The van der Waals surface area contributed by atoms with Gasteiger partial charge < -0.3 is 4.42 Å². The molecule has 0 unspecified atom stereocenters. The molecule has 0 radical (unpaired) electrons. The number of aryl methyl sites for hydroxylation is 1. The quantitative estimate of drug-likeness (QED) is 0.669. The molecule has 1 atom stereocenters. The number of furan rings is 1. The highest BCUT2D eigenvalue weighted by molar-refractivity contribution is 7.92. The molecular formula is C22H21N3O4S. The lowest BCUT2D eigenvalue weighted by Gasteiger charge is -2.23. The van der Waals surface area contributed by atoms with Gasteiger partial charge in [0.05, 0.1) is 16.6 Å². The van der Waals surface area contributed by atoms with E-state index in [-0.39, 0.29) is 10.8 Å². The zero-order valence-electron chi connectivity index (χ0n) is 16.6. The van der Waals surface area contributed by atoms with E-state index in [0.717, 1.165) is 5.76 Å². The molecule has 1 N–H and O–H groups in total. The number of para-hydroxylation sites is 1. The molecule has 3 aromatic rings. The maximum atomic E-state index is 12.8. The summed E-state index contributed by atoms with van der Waals surface area (Å²) in [5, 5.41) is 5.83. The Morgan fingerprint density at radius 1 is 1.07 bits per heavy atom. The number of rotatable bonds is 5. The molecule has 4 rings (SSSR count). The molecule has 1 aromatic heterocycles. The van der Waals surface area contributed by atoms with Crippen molar-refractivity contribution in [2.24, 2.45) is 5.10 Å². The van der Waals surface area contributed by atoms with Crippen LogP contribution in [0, 0.1) is 6.92 Å². The van der Waals surface area contributed by atoms with Crippen LogP contribution in [0.3, 0.4) is 0 Å². The summed E-state index contributed by atoms with van der Waals surface area (Å²) in [6.45, 7) is 3.27. The average Bonchev–Trinajstić information content (AvgIpc) is 3.35. The van der Waals surface area contributed by atoms with Crippen molar-refractivity contribution in [2.75, 3.05) is 4.72 Å². The summed E-state index contributed by atoms with van der Waals surface area (Å²) in [6.07, 6.45) is 0.413. The Balaban J connectivity index is 1.69. The van der Waals surface area contributed by atoms with Crippen LogP contribution in [0.1, 0.15) is 36.5 Å². The predicted molar refractivity (Wildman–Crippen MR) is 114 cm³/mol. The van der Waals surface area contributed by atoms with Gasteiger partial charge in [-0.2, -0.15) is 5.10 Å². The lowest BCUT2D eigenvalue weighted by molar-refractivity contribution is -0.130. The molecule has 0 saturated heterocycles. The molecule has 30 heavy (non-hydrogen) atoms. The first-order valence-electron chi connectivity index (χ1n) is 9.46. The van der Waals surface area contributed by atoms with Crippen LogP contribution in [0.5, 0.6) is 0 Å². The number of carbonyl (C=O) groups excluding carboxylic acids is 1. The first-order valence-corrected chi connectivity index (χ1v) is 10.9. The van der Waals surface area contributed by atoms with Crippen LogP contribution in [-0.2, 0) is 14.8 Å². The number of sulfonamides is 1. The molecule has 8 heteroatoms. The molecule has 1 amide bonds. The van der Waals surface area contributed by atoms with Crippen LogP contribution < -0.4 is 4.72 Å². The number of amides is 1. The molecule has 0 fully saturated rings. The van der Waals surface area contributed by atoms with Crippen molar-refractivity contribution in [3.63, 3.8) is 0 Å². The fraction of sp³-hybridized carbons (Fsp3) is 0.182. The third-order valence-corrected chi connectivity index (χ3v) is 6.26. The van der Waals surface area contributed by atoms with Gasteiger partial charge in [-0.05, 0) is 37.3 Å². The third-order valence-electron chi connectivity index (χ3n) is 4.88. The number of hydrogen-bond donors (Lipinski definition) is 1. The lowest BCUT2D eigenvalue weighted by atomic mass is 9.99. The Bertz CT molecular complexity index is 1220. The van der Waals surface area contributed by atoms with E-state index in [9.17, 15) is 13.2 Å². The first-order chi connectivity index (χ1) is 14.3. The highest BCUT2D eigenvalue weighted by Gasteiger charge is 2.34. The van der Waals surface area contributed by atoms with E-state index in [2.05, 4.69) is 9.82 Å². The van der Waals surface area contributed by atoms with Crippen LogP contribution in [0.25, 0.3) is 0 Å². The summed E-state index contributed by atoms with van der Waals surface area (Å²) in [6, 6.07) is 18.4. The van der Waals surface area contributed by atoms with E-state index in [1.165, 1.54) is 24.1 Å². The SMILES string of the molecule is CC(=O)N1N=C(c2ccc(C)o2)C[C@@H]1c1ccccc1NS(=O)(=O)c1ccccc1. The van der Waals surface area contributed by atoms with Gasteiger partial charge in [0.25, 0.3) is 10.0 Å². The molecule has 0 bridgehead atoms. The number of hydrazone groups is 1. The maximum Gasteiger partial charge on any atom is 0.261 e. The lowest BCUT2D eigenvalue weighted by Crippen LogP contribution is -2.25. The van der Waals surface area contributed by atoms with Crippen LogP contribution in [0.15, 0.2) is 81.1 Å². The minimum absolute atomic E-state index is 0.164. The van der Waals surface area contributed by atoms with Gasteiger partial charge in [0.2, 0.25) is 5.91 Å². The maximum absolute atomic E-state index is 12.8. The molecule has 154 valence electrons. The third kappa shape index (κ3) is 3.86. The summed E-state index contributed by atoms with van der Waals surface area (Å²) in [5.41, 5.74) is 1.71. The van der Waals surface area contributed by atoms with Gasteiger partial charge in [0.15, 0.2) is 0 Å². The molecule has 0 saturated carbocycles. The van der Waals surface area contributed by atoms with Crippen LogP contribution in [0.4, 0.5) is 5.69 Å². The van der Waals surface area contributed by atoms with Crippen molar-refractivity contribution >= 4 is 27.3 Å². The second-order valence-electron chi connectivity index (χ2n) is 7.05. The standard InChI is InChI=1S/C22H21N3O4S/c1-15-12-13-22(29-15)20-14-21(25(23-20)16(2)26)18-10-6-7-11-19(18)24-30(27,28)17-8-4-3-5-9-17/h3-13,21,24H,14H2,1-2H3/t21-/m1/s1. The minimum atomic E-state index is -3.77. The van der Waals surface area contributed by atoms with Gasteiger partial charge in [-0.3, -0.25) is 9.52 Å². The molecule has 0 spiro atoms. The molecule has 2 heterocycles. The van der Waals surface area contributed by atoms with Gasteiger partial charge in [0, 0.05) is 18.9 Å². The average molecular weight is 423 g/mol. The van der Waals surface area contributed by atoms with Crippen molar-refractivity contribution in [1.82, 2.24) is 5.01 Å². The normalized spacial score (nSPS) is 16.4. The Morgan fingerprint density at radius 3 is 2.43 bits per heavy atom. The Morgan fingerprint density at radius 2 is 1.77 bits per heavy atom. The van der Waals surface area contributed by atoms with Crippen molar-refractivity contribution in [3.8, 4) is 0 Å². The number of anilines is 1. The summed E-state index contributed by atoms with van der Waals surface area (Å²) in [4.78, 5) is 12.4. The Labute approximate surface area is 175 Å². The second-order valence-corrected chi connectivity index (χ2v) is 8.73. The summed E-state index contributed by atoms with van der Waals surface area (Å²) in [7, 11) is -3.77. The molecule has 0 aliphatic carbocycles. The number of nitrogens with one attached hydrogen (secondary N) is 1. The van der Waals surface area contributed by atoms with Crippen LogP contribution in [0.2, 0.25) is 0 Å². The van der Waals surface area contributed by atoms with Gasteiger partial charge in [-0.1, -0.05) is 36.4 Å². The van der Waals surface area contributed by atoms with Crippen molar-refractivity contribution in [1.29, 1.82) is 0 Å². The molecule has 7 nitrogen and oxygen atoms in total. The van der Waals surface area contributed by atoms with Gasteiger partial charge >= 0.3 is 0 Å². The second kappa shape index (κ2) is 7.79. The van der Waals surface area contributed by atoms with Gasteiger partial charge in [-0.25, -0.2) is 13.4 Å². The highest BCUT2D eigenvalue weighted by Crippen LogP contribution is 2.37. The molecule has 1 aliphatic heterocycles. The highest BCUT2D eigenvalue weighted by atomic mass is 32.2. The first kappa shape index (κ1) is 19.9. The Hall–Kier alpha value is -3.39. The van der Waals surface area contributed by atoms with Crippen molar-refractivity contribution < 1.29 is 17.6 Å². The number of benzene rings is 2. The fourth-order valence-electron chi connectivity index (χ4n) is 3.47. The largest absolute Gasteiger partial charge is 0.460 e. The minimum Gasteiger partial charge on any atom is -0.460 e. The van der Waals surface area contributed by atoms with E-state index in [4.69, 9.17) is 4.42 Å². The van der Waals surface area contributed by atoms with Crippen LogP contribution in [-0.4, -0.2) is 25.0 Å². The fourth-order valence-corrected chi connectivity index (χ4v) is 4.57. The smallest absolute Gasteiger partial charge is 0.261 e. The number of nitrogens with zero attached hydrogens (tertiary/aromatic N) is 2. The molecule has 2 aromatic carbocycles. The summed E-state index contributed by atoms with van der Waals surface area (Å²) >= 11 is 0. The topological polar surface area (TPSA) is 92.0 Å². The zero-order valence-corrected chi connectivity index (χ0v) is 17.4.